The van der Waals surface area contributed by atoms with Crippen LogP contribution in [0, 0.1) is 5.92 Å². The molecule has 0 unspecified atom stereocenters. The average molecular weight is 1100 g/mol. The first-order valence-electron chi connectivity index (χ1n) is 24.5. The number of likely N-dealkylation sites (tertiary alicyclic amines) is 1. The maximum atomic E-state index is 14.1. The Balaban J connectivity index is 1.88. The van der Waals surface area contributed by atoms with E-state index in [0.717, 1.165) is 6.92 Å². The molecule has 0 bridgehead atoms. The molecule has 10 atom stereocenters. The lowest BCUT2D eigenvalue weighted by molar-refractivity contribution is -0.146. The number of nitrogens with two attached hydrogens (primary N) is 3. The summed E-state index contributed by atoms with van der Waals surface area (Å²) in [7, 11) is 0. The van der Waals surface area contributed by atoms with Crippen molar-refractivity contribution in [3.63, 3.8) is 0 Å². The molecule has 0 aromatic heterocycles. The number of hydrogen-bond donors (Lipinski definition) is 15. The predicted octanol–water partition coefficient (Wildman–Crippen LogP) is -4.90. The molecule has 2 aromatic carbocycles. The maximum absolute atomic E-state index is 14.1. The molecular weight excluding hydrogens is 1030 g/mol. The van der Waals surface area contributed by atoms with Crippen LogP contribution >= 0.6 is 0 Å². The van der Waals surface area contributed by atoms with Gasteiger partial charge in [-0.3, -0.25) is 57.5 Å². The molecule has 2 aromatic rings. The number of nitrogens with zero attached hydrogens (tertiary/aromatic N) is 1. The smallest absolute Gasteiger partial charge is 0.328 e. The van der Waals surface area contributed by atoms with Crippen LogP contribution in [0.25, 0.3) is 0 Å². The minimum absolute atomic E-state index is 0.00492. The van der Waals surface area contributed by atoms with Crippen molar-refractivity contribution >= 4 is 77.0 Å². The average Bonchev–Trinajstić information content (AvgIpc) is 3.85. The second-order valence-electron chi connectivity index (χ2n) is 19.0. The van der Waals surface area contributed by atoms with Crippen LogP contribution in [-0.4, -0.2) is 174 Å². The number of aliphatic hydroxyl groups is 1. The Kier molecular flexibility index (Phi) is 24.5. The van der Waals surface area contributed by atoms with E-state index in [1.54, 1.807) is 44.2 Å². The number of phenols is 1. The van der Waals surface area contributed by atoms with Crippen molar-refractivity contribution in [3.05, 3.63) is 65.7 Å². The molecule has 1 aliphatic heterocycles. The number of carbonyl (C=O) groups excluding carboxylic acids is 10. The van der Waals surface area contributed by atoms with Crippen molar-refractivity contribution in [1.29, 1.82) is 0 Å². The van der Waals surface area contributed by atoms with Gasteiger partial charge in [0.05, 0.1) is 37.8 Å². The van der Waals surface area contributed by atoms with Crippen LogP contribution in [0.1, 0.15) is 76.8 Å². The van der Waals surface area contributed by atoms with Crippen molar-refractivity contribution in [1.82, 2.24) is 42.1 Å². The highest BCUT2D eigenvalue weighted by atomic mass is 16.4. The molecule has 1 aliphatic rings. The molecule has 1 heterocycles. The van der Waals surface area contributed by atoms with Gasteiger partial charge in [-0.2, -0.15) is 0 Å². The molecule has 3 rings (SSSR count). The Morgan fingerprint density at radius 2 is 0.987 bits per heavy atom. The molecule has 1 fully saturated rings. The van der Waals surface area contributed by atoms with E-state index in [0.29, 0.717) is 17.5 Å². The van der Waals surface area contributed by atoms with Gasteiger partial charge in [0.15, 0.2) is 6.04 Å². The highest BCUT2D eigenvalue weighted by Crippen LogP contribution is 2.21. The zero-order valence-electron chi connectivity index (χ0n) is 42.8. The van der Waals surface area contributed by atoms with Gasteiger partial charge < -0.3 is 84.9 Å². The first-order valence-corrected chi connectivity index (χ1v) is 24.5. The zero-order chi connectivity index (χ0) is 58.6. The molecule has 426 valence electrons. The Hall–Kier alpha value is -8.73. The van der Waals surface area contributed by atoms with Gasteiger partial charge in [-0.05, 0) is 61.8 Å². The molecule has 29 nitrogen and oxygen atoms in total. The number of amides is 10. The number of nitrogens with one attached hydrogen (secondary N) is 7. The van der Waals surface area contributed by atoms with Crippen LogP contribution in [0.15, 0.2) is 54.6 Å². The van der Waals surface area contributed by atoms with Gasteiger partial charge in [0.25, 0.3) is 0 Å². The fraction of sp³-hybridized carbons (Fsp3) is 0.490. The summed E-state index contributed by atoms with van der Waals surface area (Å²) in [5, 5.41) is 63.8. The van der Waals surface area contributed by atoms with Crippen LogP contribution in [0.4, 0.5) is 0 Å². The summed E-state index contributed by atoms with van der Waals surface area (Å²) in [4.78, 5) is 171. The van der Waals surface area contributed by atoms with E-state index in [1.165, 1.54) is 29.2 Å². The van der Waals surface area contributed by atoms with Crippen LogP contribution < -0.4 is 54.4 Å². The van der Waals surface area contributed by atoms with Gasteiger partial charge >= 0.3 is 17.9 Å². The van der Waals surface area contributed by atoms with Gasteiger partial charge in [-0.1, -0.05) is 56.3 Å². The highest BCUT2D eigenvalue weighted by Gasteiger charge is 2.40. The second-order valence-corrected chi connectivity index (χ2v) is 19.0. The predicted molar refractivity (Wildman–Crippen MR) is 269 cm³/mol. The lowest BCUT2D eigenvalue weighted by Gasteiger charge is -2.29. The van der Waals surface area contributed by atoms with Crippen LogP contribution in [0.3, 0.4) is 0 Å². The monoisotopic (exact) mass is 1100 g/mol. The first-order chi connectivity index (χ1) is 36.6. The SMILES string of the molecule is CC(C)C[C@H](NC(=O)[C@H](CC(=O)O)NC(=O)[C@@H]1CCCN1C(=O)[C@@H](N)Cc1ccc(O)cc1)C(=O)N[C@@H](CC(N)=O)C(=O)N[C@@H](Cc1ccccc1)C(=O)N[C@@H](CC(=O)O)C(=O)N[C@@H](CC(N)=O)C(=O)N[C@H](C(=O)O)[C@@H](C)O. The number of primary amides is 2. The third-order valence-corrected chi connectivity index (χ3v) is 11.9. The number of aliphatic carboxylic acids is 3. The molecule has 78 heavy (non-hydrogen) atoms. The summed E-state index contributed by atoms with van der Waals surface area (Å²) in [6.07, 6.45) is -5.82. The van der Waals surface area contributed by atoms with Crippen molar-refractivity contribution in [2.24, 2.45) is 23.1 Å². The van der Waals surface area contributed by atoms with Crippen molar-refractivity contribution in [2.75, 3.05) is 6.54 Å². The molecule has 0 radical (unpaired) electrons. The molecule has 10 amide bonds. The molecule has 29 heteroatoms. The zero-order valence-corrected chi connectivity index (χ0v) is 42.8. The Labute approximate surface area is 446 Å². The lowest BCUT2D eigenvalue weighted by Crippen LogP contribution is -2.61. The summed E-state index contributed by atoms with van der Waals surface area (Å²) in [5.41, 5.74) is 17.9. The van der Waals surface area contributed by atoms with Crippen LogP contribution in [-0.2, 0) is 75.2 Å². The number of phenolic OH excluding ortho intramolecular Hbond substituents is 1. The van der Waals surface area contributed by atoms with Gasteiger partial charge in [-0.15, -0.1) is 0 Å². The van der Waals surface area contributed by atoms with E-state index >= 15 is 0 Å². The molecule has 0 saturated carbocycles. The molecule has 0 spiro atoms. The highest BCUT2D eigenvalue weighted by molar-refractivity contribution is 6.00. The van der Waals surface area contributed by atoms with Gasteiger partial charge in [0.1, 0.15) is 48.0 Å². The normalized spacial score (nSPS) is 16.4. The van der Waals surface area contributed by atoms with Gasteiger partial charge in [0.2, 0.25) is 59.1 Å². The Morgan fingerprint density at radius 3 is 1.45 bits per heavy atom. The summed E-state index contributed by atoms with van der Waals surface area (Å²) in [5.74, 6) is -16.8. The van der Waals surface area contributed by atoms with Crippen LogP contribution in [0.2, 0.25) is 0 Å². The van der Waals surface area contributed by atoms with E-state index in [4.69, 9.17) is 17.2 Å². The third kappa shape index (κ3) is 20.8. The molecule has 1 saturated heterocycles. The number of carboxylic acid groups (broad SMARTS) is 3. The summed E-state index contributed by atoms with van der Waals surface area (Å²) in [6.45, 7) is 4.40. The Morgan fingerprint density at radius 1 is 0.564 bits per heavy atom. The molecule has 0 aliphatic carbocycles. The summed E-state index contributed by atoms with van der Waals surface area (Å²) >= 11 is 0. The fourth-order valence-electron chi connectivity index (χ4n) is 8.11. The van der Waals surface area contributed by atoms with Gasteiger partial charge in [-0.25, -0.2) is 4.79 Å². The van der Waals surface area contributed by atoms with Gasteiger partial charge in [0, 0.05) is 13.0 Å². The summed E-state index contributed by atoms with van der Waals surface area (Å²) < 4.78 is 0. The number of aromatic hydroxyl groups is 1. The minimum Gasteiger partial charge on any atom is -0.508 e. The lowest BCUT2D eigenvalue weighted by atomic mass is 10.0. The molecular formula is C49H67N11O18. The quantitative estimate of drug-likeness (QED) is 0.0336. The number of carbonyl (C=O) groups is 13. The minimum atomic E-state index is -2.09. The third-order valence-electron chi connectivity index (χ3n) is 11.9. The fourth-order valence-corrected chi connectivity index (χ4v) is 8.11. The standard InChI is InChI=1S/C49H67N11O18/c1-23(2)16-29(53-45(73)34(22-39(67)68)58-47(75)35-10-7-15-60(35)48(76)28(50)17-26-11-13-27(62)14-12-26)41(69)55-31(19-36(51)63)43(71)54-30(18-25-8-5-4-6-9-25)42(70)57-33(21-38(65)66)44(72)56-32(20-37(52)64)46(74)59-40(24(3)61)49(77)78/h4-6,8-9,11-14,23-24,28-35,40,61-62H,7,10,15-22,50H2,1-3H3,(H2,51,63)(H2,52,64)(H,53,73)(H,54,71)(H,55,69)(H,56,72)(H,57,70)(H,58,75)(H,59,74)(H,65,66)(H,67,68)(H,77,78)/t24-,28+,29+,30+,31+,32+,33+,34+,35+,40+/m1/s1. The molecule has 18 N–H and O–H groups in total. The number of benzene rings is 2. The summed E-state index contributed by atoms with van der Waals surface area (Å²) in [6, 6.07) is -1.70. The van der Waals surface area contributed by atoms with E-state index in [2.05, 4.69) is 26.6 Å². The largest absolute Gasteiger partial charge is 0.508 e. The second kappa shape index (κ2) is 30.1. The van der Waals surface area contributed by atoms with E-state index in [1.807, 2.05) is 10.6 Å². The number of rotatable bonds is 31. The maximum Gasteiger partial charge on any atom is 0.328 e. The van der Waals surface area contributed by atoms with Crippen LogP contribution in [0.5, 0.6) is 5.75 Å². The van der Waals surface area contributed by atoms with E-state index in [9.17, 15) is 87.9 Å². The van der Waals surface area contributed by atoms with E-state index in [-0.39, 0.29) is 31.6 Å². The number of aliphatic hydroxyl groups excluding tert-OH is 1. The number of hydrogen-bond acceptors (Lipinski definition) is 16. The van der Waals surface area contributed by atoms with Crippen molar-refractivity contribution in [3.8, 4) is 5.75 Å². The van der Waals surface area contributed by atoms with Crippen molar-refractivity contribution < 1.29 is 87.9 Å². The van der Waals surface area contributed by atoms with E-state index < -0.39 is 175 Å². The number of carboxylic acids is 3. The topological polar surface area (TPSA) is 489 Å². The van der Waals surface area contributed by atoms with Crippen molar-refractivity contribution in [2.45, 2.75) is 139 Å². The first kappa shape index (κ1) is 63.6. The Bertz CT molecular complexity index is 2530.